The number of fused-ring (bicyclic) bond motifs is 5. The first-order chi connectivity index (χ1) is 13.8. The Morgan fingerprint density at radius 2 is 1.73 bits per heavy atom. The van der Waals surface area contributed by atoms with Crippen LogP contribution in [0, 0.1) is 52.3 Å². The van der Waals surface area contributed by atoms with Crippen molar-refractivity contribution in [2.75, 3.05) is 0 Å². The summed E-state index contributed by atoms with van der Waals surface area (Å²) < 4.78 is 0. The summed E-state index contributed by atoms with van der Waals surface area (Å²) in [6, 6.07) is 0. The lowest BCUT2D eigenvalue weighted by molar-refractivity contribution is -0.153. The first kappa shape index (κ1) is 24.1. The molecule has 4 rings (SSSR count). The van der Waals surface area contributed by atoms with Crippen LogP contribution in [0.4, 0.5) is 0 Å². The van der Waals surface area contributed by atoms with Crippen molar-refractivity contribution in [2.45, 2.75) is 113 Å². The van der Waals surface area contributed by atoms with Gasteiger partial charge in [-0.25, -0.2) is 0 Å². The van der Waals surface area contributed by atoms with E-state index in [1.165, 1.54) is 64.2 Å². The Morgan fingerprint density at radius 3 is 2.43 bits per heavy atom. The normalized spacial score (nSPS) is 44.3. The highest BCUT2D eigenvalue weighted by Crippen LogP contribution is 2.67. The number of hydrogen-bond donors (Lipinski definition) is 0. The molecule has 0 N–H and O–H groups in total. The van der Waals surface area contributed by atoms with E-state index in [0.29, 0.717) is 28.4 Å². The molecule has 7 unspecified atom stereocenters. The molecule has 1 heteroatoms. The second-order valence-corrected chi connectivity index (χ2v) is 12.2. The number of Topliss-reactive ketones (excluding diaryl/α,β-unsaturated/α-hetero) is 1. The van der Waals surface area contributed by atoms with E-state index >= 15 is 0 Å². The lowest BCUT2D eigenvalue weighted by Gasteiger charge is -2.59. The van der Waals surface area contributed by atoms with E-state index in [1.807, 2.05) is 0 Å². The second-order valence-electron chi connectivity index (χ2n) is 12.2. The Labute approximate surface area is 187 Å². The van der Waals surface area contributed by atoms with Crippen LogP contribution in [0.25, 0.3) is 0 Å². The summed E-state index contributed by atoms with van der Waals surface area (Å²) in [6.07, 6.45) is 19.2. The number of carbonyl (C=O) groups is 1. The van der Waals surface area contributed by atoms with E-state index in [4.69, 9.17) is 0 Å². The molecule has 0 amide bonds. The molecule has 0 aromatic heterocycles. The summed E-state index contributed by atoms with van der Waals surface area (Å²) in [4.78, 5) is 13.2. The van der Waals surface area contributed by atoms with Crippen molar-refractivity contribution in [3.63, 3.8) is 0 Å². The van der Waals surface area contributed by atoms with E-state index in [9.17, 15) is 4.79 Å². The molecule has 0 radical (unpaired) electrons. The molecule has 172 valence electrons. The molecule has 0 heterocycles. The maximum Gasteiger partial charge on any atom is 0.136 e. The third kappa shape index (κ3) is 3.86. The molecule has 0 aromatic carbocycles. The largest absolute Gasteiger partial charge is 0.299 e. The smallest absolute Gasteiger partial charge is 0.136 e. The maximum absolute atomic E-state index is 13.2. The van der Waals surface area contributed by atoms with Gasteiger partial charge in [0.2, 0.25) is 0 Å². The van der Waals surface area contributed by atoms with Gasteiger partial charge in [-0.1, -0.05) is 67.0 Å². The van der Waals surface area contributed by atoms with Crippen LogP contribution in [0.1, 0.15) is 113 Å². The Hall–Kier alpha value is -0.590. The number of allylic oxidation sites excluding steroid dienone is 2. The average molecular weight is 415 g/mol. The first-order valence-electron chi connectivity index (χ1n) is 13.0. The molecule has 0 aliphatic heterocycles. The monoisotopic (exact) mass is 414 g/mol. The summed E-state index contributed by atoms with van der Waals surface area (Å²) >= 11 is 0. The van der Waals surface area contributed by atoms with Gasteiger partial charge >= 0.3 is 0 Å². The van der Waals surface area contributed by atoms with E-state index in [1.54, 1.807) is 0 Å². The highest BCUT2D eigenvalue weighted by molar-refractivity contribution is 5.83. The van der Waals surface area contributed by atoms with E-state index in [0.717, 1.165) is 36.0 Å². The van der Waals surface area contributed by atoms with Gasteiger partial charge in [0.25, 0.3) is 0 Å². The van der Waals surface area contributed by atoms with E-state index in [2.05, 4.69) is 46.8 Å². The number of rotatable bonds is 5. The van der Waals surface area contributed by atoms with Gasteiger partial charge in [-0.15, -0.1) is 0 Å². The zero-order valence-corrected chi connectivity index (χ0v) is 19.9. The van der Waals surface area contributed by atoms with Gasteiger partial charge in [0, 0.05) is 12.3 Å². The lowest BCUT2D eigenvalue weighted by Crippen LogP contribution is -2.55. The molecule has 0 aromatic rings. The number of carbonyl (C=O) groups excluding carboxylic acids is 1. The van der Waals surface area contributed by atoms with Crippen molar-refractivity contribution in [1.82, 2.24) is 0 Å². The molecule has 0 saturated heterocycles. The highest BCUT2D eigenvalue weighted by Gasteiger charge is 2.61. The minimum Gasteiger partial charge on any atom is -0.299 e. The van der Waals surface area contributed by atoms with Gasteiger partial charge in [-0.2, -0.15) is 0 Å². The van der Waals surface area contributed by atoms with Crippen LogP contribution < -0.4 is 0 Å². The lowest BCUT2D eigenvalue weighted by atomic mass is 9.44. The third-order valence-corrected chi connectivity index (χ3v) is 10.7. The molecular formula is C29H50O. The van der Waals surface area contributed by atoms with Gasteiger partial charge in [0.15, 0.2) is 0 Å². The molecule has 4 aliphatic carbocycles. The standard InChI is InChI=1S/C28H46O.CH4/c1-6-20(19(2)3)10-9-11-21-13-14-23-22-18-26(29)25-12-7-8-16-28(25,5)24(22)15-17-27(21,23)4;/h9-10,19-25H,6-8,11-18H2,1-5H3;1H4/b10-9+;/t20-,21?,22?,23?,24?,25?,27?,28?;/m1./s1. The Kier molecular flexibility index (Phi) is 7.30. The summed E-state index contributed by atoms with van der Waals surface area (Å²) in [6.45, 7) is 12.2. The second kappa shape index (κ2) is 9.11. The fourth-order valence-corrected chi connectivity index (χ4v) is 8.84. The zero-order chi connectivity index (χ0) is 20.8. The van der Waals surface area contributed by atoms with Crippen LogP contribution in [-0.2, 0) is 4.79 Å². The van der Waals surface area contributed by atoms with Crippen molar-refractivity contribution < 1.29 is 4.79 Å². The number of hydrogen-bond acceptors (Lipinski definition) is 1. The minimum absolute atomic E-state index is 0. The molecule has 1 nitrogen and oxygen atoms in total. The Balaban J connectivity index is 0.00000256. The van der Waals surface area contributed by atoms with E-state index in [-0.39, 0.29) is 7.43 Å². The van der Waals surface area contributed by atoms with Crippen LogP contribution in [0.3, 0.4) is 0 Å². The molecule has 0 spiro atoms. The summed E-state index contributed by atoms with van der Waals surface area (Å²) in [5.41, 5.74) is 0.798. The summed E-state index contributed by atoms with van der Waals surface area (Å²) in [7, 11) is 0. The van der Waals surface area contributed by atoms with Crippen LogP contribution in [-0.4, -0.2) is 5.78 Å². The van der Waals surface area contributed by atoms with Crippen molar-refractivity contribution >= 4 is 5.78 Å². The fraction of sp³-hybridized carbons (Fsp3) is 0.897. The SMILES string of the molecule is C.CC[C@H](/C=C/CC1CCC2C3CC(=O)C4CCCCC4(C)C3CCC12C)C(C)C. The minimum atomic E-state index is 0. The maximum atomic E-state index is 13.2. The van der Waals surface area contributed by atoms with Crippen molar-refractivity contribution in [1.29, 1.82) is 0 Å². The molecule has 4 saturated carbocycles. The Morgan fingerprint density at radius 1 is 1.00 bits per heavy atom. The summed E-state index contributed by atoms with van der Waals surface area (Å²) in [5.74, 6) is 5.66. The van der Waals surface area contributed by atoms with Gasteiger partial charge < -0.3 is 0 Å². The van der Waals surface area contributed by atoms with Gasteiger partial charge in [0.1, 0.15) is 5.78 Å². The number of ketones is 1. The predicted octanol–water partition coefficient (Wildman–Crippen LogP) is 8.48. The first-order valence-corrected chi connectivity index (χ1v) is 13.0. The molecular weight excluding hydrogens is 364 g/mol. The Bertz CT molecular complexity index is 632. The highest BCUT2D eigenvalue weighted by atomic mass is 16.1. The van der Waals surface area contributed by atoms with Crippen molar-refractivity contribution in [3.8, 4) is 0 Å². The van der Waals surface area contributed by atoms with Gasteiger partial charge in [-0.05, 0) is 97.7 Å². The van der Waals surface area contributed by atoms with Gasteiger partial charge in [-0.3, -0.25) is 4.79 Å². The van der Waals surface area contributed by atoms with Crippen LogP contribution >= 0.6 is 0 Å². The van der Waals surface area contributed by atoms with Crippen molar-refractivity contribution in [3.05, 3.63) is 12.2 Å². The average Bonchev–Trinajstić information content (AvgIpc) is 3.01. The predicted molar refractivity (Wildman–Crippen MR) is 129 cm³/mol. The molecule has 30 heavy (non-hydrogen) atoms. The quantitative estimate of drug-likeness (QED) is 0.412. The van der Waals surface area contributed by atoms with Crippen LogP contribution in [0.5, 0.6) is 0 Å². The molecule has 0 bridgehead atoms. The fourth-order valence-electron chi connectivity index (χ4n) is 8.84. The van der Waals surface area contributed by atoms with Crippen LogP contribution in [0.15, 0.2) is 12.2 Å². The topological polar surface area (TPSA) is 17.1 Å². The van der Waals surface area contributed by atoms with Crippen molar-refractivity contribution in [2.24, 2.45) is 52.3 Å². The van der Waals surface area contributed by atoms with E-state index < -0.39 is 0 Å². The van der Waals surface area contributed by atoms with Crippen LogP contribution in [0.2, 0.25) is 0 Å². The van der Waals surface area contributed by atoms with Gasteiger partial charge in [0.05, 0.1) is 0 Å². The molecule has 8 atom stereocenters. The third-order valence-electron chi connectivity index (χ3n) is 10.7. The zero-order valence-electron chi connectivity index (χ0n) is 19.9. The molecule has 4 fully saturated rings. The summed E-state index contributed by atoms with van der Waals surface area (Å²) in [5, 5.41) is 0. The molecule has 4 aliphatic rings.